The van der Waals surface area contributed by atoms with Gasteiger partial charge in [-0.2, -0.15) is 4.98 Å². The lowest BCUT2D eigenvalue weighted by Crippen LogP contribution is -2.27. The van der Waals surface area contributed by atoms with Crippen molar-refractivity contribution in [1.29, 1.82) is 0 Å². The third kappa shape index (κ3) is 3.28. The standard InChI is InChI=1S/C24H28N4O2/c1-2-7-17(8-3-1)21-15-19(20-9-6-14-28(20)21)23-25-24(30-26-23)22-11-10-18(29-22)16-27-12-4-5-13-27/h1-3,7-8,10-11,19-21H,4-6,9,12-16H2/t19-,20+,21-/m1/s1. The number of rotatable bonds is 5. The van der Waals surface area contributed by atoms with E-state index in [-0.39, 0.29) is 0 Å². The quantitative estimate of drug-likeness (QED) is 0.619. The monoisotopic (exact) mass is 404 g/mol. The molecule has 0 spiro atoms. The molecule has 3 aliphatic rings. The Morgan fingerprint density at radius 1 is 0.967 bits per heavy atom. The molecule has 3 fully saturated rings. The molecule has 0 amide bonds. The van der Waals surface area contributed by atoms with E-state index in [4.69, 9.17) is 13.9 Å². The molecule has 6 heteroatoms. The SMILES string of the molecule is c1ccc([C@H]2C[C@@H](c3noc(-c4ccc(CN5CCCC5)o4)n3)[C@@H]3CCCN23)cc1. The molecule has 1 aromatic carbocycles. The van der Waals surface area contributed by atoms with Crippen molar-refractivity contribution in [2.45, 2.75) is 56.7 Å². The molecule has 30 heavy (non-hydrogen) atoms. The summed E-state index contributed by atoms with van der Waals surface area (Å²) in [6.07, 6.45) is 6.06. The zero-order chi connectivity index (χ0) is 19.9. The van der Waals surface area contributed by atoms with E-state index < -0.39 is 0 Å². The van der Waals surface area contributed by atoms with E-state index in [2.05, 4.69) is 45.3 Å². The van der Waals surface area contributed by atoms with Crippen LogP contribution in [0.3, 0.4) is 0 Å². The summed E-state index contributed by atoms with van der Waals surface area (Å²) in [5, 5.41) is 4.39. The van der Waals surface area contributed by atoms with Crippen LogP contribution in [0.5, 0.6) is 0 Å². The Morgan fingerprint density at radius 3 is 2.70 bits per heavy atom. The highest BCUT2D eigenvalue weighted by Crippen LogP contribution is 2.48. The van der Waals surface area contributed by atoms with Gasteiger partial charge in [0.05, 0.1) is 6.54 Å². The second-order valence-electron chi connectivity index (χ2n) is 8.92. The second kappa shape index (κ2) is 7.67. The molecule has 156 valence electrons. The maximum absolute atomic E-state index is 6.04. The number of furan rings is 1. The number of fused-ring (bicyclic) bond motifs is 1. The van der Waals surface area contributed by atoms with Crippen molar-refractivity contribution >= 4 is 0 Å². The molecule has 3 atom stereocenters. The van der Waals surface area contributed by atoms with Gasteiger partial charge >= 0.3 is 0 Å². The van der Waals surface area contributed by atoms with Crippen LogP contribution in [0, 0.1) is 0 Å². The zero-order valence-corrected chi connectivity index (χ0v) is 17.2. The first-order valence-electron chi connectivity index (χ1n) is 11.3. The predicted molar refractivity (Wildman–Crippen MR) is 113 cm³/mol. The summed E-state index contributed by atoms with van der Waals surface area (Å²) < 4.78 is 11.7. The van der Waals surface area contributed by atoms with E-state index in [0.717, 1.165) is 44.2 Å². The molecule has 0 saturated carbocycles. The lowest BCUT2D eigenvalue weighted by Gasteiger charge is -2.24. The third-order valence-corrected chi connectivity index (χ3v) is 7.09. The van der Waals surface area contributed by atoms with Gasteiger partial charge in [-0.1, -0.05) is 35.5 Å². The Balaban J connectivity index is 1.21. The minimum Gasteiger partial charge on any atom is -0.455 e. The van der Waals surface area contributed by atoms with Gasteiger partial charge in [-0.25, -0.2) is 0 Å². The number of benzene rings is 1. The minimum atomic E-state index is 0.314. The van der Waals surface area contributed by atoms with Gasteiger partial charge in [0.2, 0.25) is 0 Å². The van der Waals surface area contributed by atoms with Crippen LogP contribution in [0.4, 0.5) is 0 Å². The van der Waals surface area contributed by atoms with Gasteiger partial charge in [0.15, 0.2) is 11.6 Å². The molecular formula is C24H28N4O2. The highest BCUT2D eigenvalue weighted by Gasteiger charge is 2.46. The van der Waals surface area contributed by atoms with Crippen LogP contribution in [0.15, 0.2) is 51.4 Å². The van der Waals surface area contributed by atoms with Gasteiger partial charge in [0.1, 0.15) is 5.76 Å². The Kier molecular flexibility index (Phi) is 4.69. The summed E-state index contributed by atoms with van der Waals surface area (Å²) >= 11 is 0. The average molecular weight is 405 g/mol. The highest BCUT2D eigenvalue weighted by atomic mass is 16.5. The Hall–Kier alpha value is -2.44. The van der Waals surface area contributed by atoms with Gasteiger partial charge in [-0.05, 0) is 69.4 Å². The van der Waals surface area contributed by atoms with Crippen molar-refractivity contribution in [2.24, 2.45) is 0 Å². The number of likely N-dealkylation sites (tertiary alicyclic amines) is 1. The average Bonchev–Trinajstić information content (AvgIpc) is 3.57. The molecule has 0 unspecified atom stereocenters. The largest absolute Gasteiger partial charge is 0.455 e. The van der Waals surface area contributed by atoms with Gasteiger partial charge < -0.3 is 8.94 Å². The van der Waals surface area contributed by atoms with Crippen molar-refractivity contribution in [2.75, 3.05) is 19.6 Å². The Morgan fingerprint density at radius 2 is 1.83 bits per heavy atom. The summed E-state index contributed by atoms with van der Waals surface area (Å²) in [7, 11) is 0. The number of aromatic nitrogens is 2. The van der Waals surface area contributed by atoms with E-state index >= 15 is 0 Å². The van der Waals surface area contributed by atoms with Crippen LogP contribution in [0.2, 0.25) is 0 Å². The first kappa shape index (κ1) is 18.3. The number of hydrogen-bond donors (Lipinski definition) is 0. The second-order valence-corrected chi connectivity index (χ2v) is 8.92. The van der Waals surface area contributed by atoms with Crippen LogP contribution in [-0.2, 0) is 6.54 Å². The molecule has 0 N–H and O–H groups in total. The molecule has 2 aromatic heterocycles. The van der Waals surface area contributed by atoms with E-state index in [0.29, 0.717) is 29.7 Å². The van der Waals surface area contributed by atoms with E-state index in [1.165, 1.54) is 31.2 Å². The fourth-order valence-corrected chi connectivity index (χ4v) is 5.67. The topological polar surface area (TPSA) is 58.5 Å². The van der Waals surface area contributed by atoms with Gasteiger partial charge in [-0.15, -0.1) is 0 Å². The zero-order valence-electron chi connectivity index (χ0n) is 17.2. The van der Waals surface area contributed by atoms with Crippen LogP contribution >= 0.6 is 0 Å². The van der Waals surface area contributed by atoms with Crippen molar-refractivity contribution in [3.05, 3.63) is 59.6 Å². The molecule has 3 saturated heterocycles. The molecule has 6 nitrogen and oxygen atoms in total. The first-order chi connectivity index (χ1) is 14.8. The maximum Gasteiger partial charge on any atom is 0.293 e. The van der Waals surface area contributed by atoms with Crippen molar-refractivity contribution < 1.29 is 8.94 Å². The summed E-state index contributed by atoms with van der Waals surface area (Å²) in [6.45, 7) is 4.33. The van der Waals surface area contributed by atoms with Crippen LogP contribution in [0.25, 0.3) is 11.7 Å². The summed E-state index contributed by atoms with van der Waals surface area (Å²) in [5.74, 6) is 3.31. The molecule has 0 bridgehead atoms. The van der Waals surface area contributed by atoms with E-state index in [9.17, 15) is 0 Å². The van der Waals surface area contributed by atoms with Crippen LogP contribution in [0.1, 0.15) is 61.2 Å². The van der Waals surface area contributed by atoms with E-state index in [1.54, 1.807) is 0 Å². The van der Waals surface area contributed by atoms with Gasteiger partial charge in [0, 0.05) is 18.0 Å². The summed E-state index contributed by atoms with van der Waals surface area (Å²) in [4.78, 5) is 9.86. The van der Waals surface area contributed by atoms with Crippen molar-refractivity contribution in [3.63, 3.8) is 0 Å². The van der Waals surface area contributed by atoms with Crippen LogP contribution < -0.4 is 0 Å². The van der Waals surface area contributed by atoms with Gasteiger partial charge in [0.25, 0.3) is 5.89 Å². The summed E-state index contributed by atoms with van der Waals surface area (Å²) in [6, 6.07) is 15.8. The highest BCUT2D eigenvalue weighted by molar-refractivity contribution is 5.44. The Labute approximate surface area is 176 Å². The first-order valence-corrected chi connectivity index (χ1v) is 11.3. The molecule has 5 heterocycles. The van der Waals surface area contributed by atoms with Gasteiger partial charge in [-0.3, -0.25) is 9.80 Å². The lowest BCUT2D eigenvalue weighted by atomic mass is 9.94. The number of hydrogen-bond acceptors (Lipinski definition) is 6. The minimum absolute atomic E-state index is 0.314. The molecule has 0 radical (unpaired) electrons. The van der Waals surface area contributed by atoms with Crippen molar-refractivity contribution in [1.82, 2.24) is 19.9 Å². The van der Waals surface area contributed by atoms with Crippen molar-refractivity contribution in [3.8, 4) is 11.7 Å². The number of nitrogens with zero attached hydrogens (tertiary/aromatic N) is 4. The predicted octanol–water partition coefficient (Wildman–Crippen LogP) is 4.62. The molecule has 3 aliphatic heterocycles. The smallest absolute Gasteiger partial charge is 0.293 e. The maximum atomic E-state index is 6.04. The fraction of sp³-hybridized carbons (Fsp3) is 0.500. The van der Waals surface area contributed by atoms with Crippen LogP contribution in [-0.4, -0.2) is 45.6 Å². The lowest BCUT2D eigenvalue weighted by molar-refractivity contribution is 0.243. The van der Waals surface area contributed by atoms with E-state index in [1.807, 2.05) is 12.1 Å². The molecule has 0 aliphatic carbocycles. The molecule has 6 rings (SSSR count). The fourth-order valence-electron chi connectivity index (χ4n) is 5.67. The molecular weight excluding hydrogens is 376 g/mol. The normalized spacial score (nSPS) is 27.1. The summed E-state index contributed by atoms with van der Waals surface area (Å²) in [5.41, 5.74) is 1.40. The Bertz CT molecular complexity index is 992. The molecule has 3 aromatic rings. The third-order valence-electron chi connectivity index (χ3n) is 7.09.